The second kappa shape index (κ2) is 11.7. The molecule has 1 saturated heterocycles. The first kappa shape index (κ1) is 27.6. The Morgan fingerprint density at radius 2 is 2.02 bits per heavy atom. The number of aryl methyl sites for hydroxylation is 1. The largest absolute Gasteiger partial charge is 0.508 e. The van der Waals surface area contributed by atoms with Gasteiger partial charge in [-0.25, -0.2) is 4.98 Å². The number of imidazole rings is 1. The van der Waals surface area contributed by atoms with E-state index in [9.17, 15) is 5.11 Å². The van der Waals surface area contributed by atoms with Crippen LogP contribution in [0.15, 0.2) is 78.9 Å². The van der Waals surface area contributed by atoms with Crippen LogP contribution in [0.1, 0.15) is 35.4 Å². The lowest BCUT2D eigenvalue weighted by atomic mass is 9.99. The monoisotopic (exact) mass is 568 g/mol. The maximum atomic E-state index is 9.95. The molecule has 0 spiro atoms. The number of aliphatic hydroxyl groups is 1. The third kappa shape index (κ3) is 6.05. The van der Waals surface area contributed by atoms with Crippen molar-refractivity contribution < 1.29 is 9.84 Å². The van der Waals surface area contributed by atoms with Crippen LogP contribution >= 0.6 is 11.6 Å². The zero-order valence-corrected chi connectivity index (χ0v) is 24.6. The van der Waals surface area contributed by atoms with Crippen LogP contribution in [0.4, 0.5) is 11.4 Å². The zero-order chi connectivity index (χ0) is 28.5. The summed E-state index contributed by atoms with van der Waals surface area (Å²) in [6, 6.07) is 20.8. The summed E-state index contributed by atoms with van der Waals surface area (Å²) >= 11 is 6.55. The minimum atomic E-state index is 0.0749. The van der Waals surface area contributed by atoms with E-state index in [1.54, 1.807) is 0 Å². The molecule has 41 heavy (non-hydrogen) atoms. The fourth-order valence-electron chi connectivity index (χ4n) is 5.73. The van der Waals surface area contributed by atoms with Crippen LogP contribution in [0, 0.1) is 6.92 Å². The van der Waals surface area contributed by atoms with Crippen molar-refractivity contribution in [2.45, 2.75) is 45.4 Å². The van der Waals surface area contributed by atoms with Gasteiger partial charge in [0.25, 0.3) is 0 Å². The number of ether oxygens (including phenoxy) is 1. The van der Waals surface area contributed by atoms with Crippen molar-refractivity contribution in [1.29, 1.82) is 0 Å². The maximum Gasteiger partial charge on any atom is 0.124 e. The molecule has 1 aromatic heterocycles. The van der Waals surface area contributed by atoms with Crippen LogP contribution in [-0.2, 0) is 24.2 Å². The minimum Gasteiger partial charge on any atom is -0.508 e. The molecule has 1 atom stereocenters. The van der Waals surface area contributed by atoms with Gasteiger partial charge >= 0.3 is 0 Å². The highest BCUT2D eigenvalue weighted by Crippen LogP contribution is 2.32. The summed E-state index contributed by atoms with van der Waals surface area (Å²) in [4.78, 5) is 9.60. The maximum absolute atomic E-state index is 9.95. The SMILES string of the molecule is C=C(O)c1ccc2nc(CN3CC=C(Cc4cccc(N(C)c5ccc(C)cc5Cl)c4)CC3)n(C[C@@H]3CCO3)c2c1. The minimum absolute atomic E-state index is 0.0749. The van der Waals surface area contributed by atoms with Gasteiger partial charge in [0.15, 0.2) is 0 Å². The van der Waals surface area contributed by atoms with E-state index in [4.69, 9.17) is 21.3 Å². The molecule has 6 nitrogen and oxygen atoms in total. The number of fused-ring (bicyclic) bond motifs is 1. The molecule has 1 fully saturated rings. The molecule has 4 aromatic rings. The summed E-state index contributed by atoms with van der Waals surface area (Å²) in [5.41, 5.74) is 8.76. The van der Waals surface area contributed by atoms with E-state index in [1.807, 2.05) is 24.3 Å². The van der Waals surface area contributed by atoms with E-state index in [0.717, 1.165) is 96.4 Å². The Morgan fingerprint density at radius 1 is 1.17 bits per heavy atom. The Morgan fingerprint density at radius 3 is 2.73 bits per heavy atom. The number of aromatic nitrogens is 2. The van der Waals surface area contributed by atoms with E-state index in [1.165, 1.54) is 11.1 Å². The molecule has 0 amide bonds. The van der Waals surface area contributed by atoms with Gasteiger partial charge in [0, 0.05) is 38.0 Å². The van der Waals surface area contributed by atoms with Gasteiger partial charge in [0.05, 0.1) is 40.9 Å². The lowest BCUT2D eigenvalue weighted by Gasteiger charge is -2.29. The molecular weight excluding hydrogens is 532 g/mol. The first-order chi connectivity index (χ1) is 19.8. The summed E-state index contributed by atoms with van der Waals surface area (Å²) in [6.07, 6.45) is 5.65. The second-order valence-corrected chi connectivity index (χ2v) is 11.7. The van der Waals surface area contributed by atoms with E-state index in [0.29, 0.717) is 0 Å². The van der Waals surface area contributed by atoms with Gasteiger partial charge in [0.2, 0.25) is 0 Å². The Kier molecular flexibility index (Phi) is 7.89. The van der Waals surface area contributed by atoms with Gasteiger partial charge in [-0.1, -0.05) is 48.0 Å². The molecular formula is C34H37ClN4O2. The molecule has 7 heteroatoms. The highest BCUT2D eigenvalue weighted by molar-refractivity contribution is 6.33. The Labute approximate surface area is 247 Å². The third-order valence-corrected chi connectivity index (χ3v) is 8.59. The quantitative estimate of drug-likeness (QED) is 0.168. The van der Waals surface area contributed by atoms with Crippen LogP contribution in [0.5, 0.6) is 0 Å². The van der Waals surface area contributed by atoms with Crippen molar-refractivity contribution in [3.05, 3.63) is 106 Å². The van der Waals surface area contributed by atoms with Crippen LogP contribution in [0.25, 0.3) is 16.8 Å². The number of nitrogens with zero attached hydrogens (tertiary/aromatic N) is 4. The summed E-state index contributed by atoms with van der Waals surface area (Å²) < 4.78 is 8.03. The smallest absolute Gasteiger partial charge is 0.124 e. The topological polar surface area (TPSA) is 53.8 Å². The number of rotatable bonds is 9. The predicted molar refractivity (Wildman–Crippen MR) is 168 cm³/mol. The van der Waals surface area contributed by atoms with E-state index in [2.05, 4.69) is 77.4 Å². The van der Waals surface area contributed by atoms with Crippen molar-refractivity contribution in [2.24, 2.45) is 0 Å². The molecule has 0 unspecified atom stereocenters. The van der Waals surface area contributed by atoms with E-state index >= 15 is 0 Å². The summed E-state index contributed by atoms with van der Waals surface area (Å²) in [6.45, 7) is 10.0. The average Bonchev–Trinajstić information content (AvgIpc) is 3.27. The summed E-state index contributed by atoms with van der Waals surface area (Å²) in [7, 11) is 2.07. The summed E-state index contributed by atoms with van der Waals surface area (Å²) in [5, 5.41) is 10.7. The zero-order valence-electron chi connectivity index (χ0n) is 23.8. The lowest BCUT2D eigenvalue weighted by molar-refractivity contribution is -0.0591. The molecule has 0 aliphatic carbocycles. The molecule has 212 valence electrons. The molecule has 6 rings (SSSR count). The molecule has 0 saturated carbocycles. The molecule has 3 heterocycles. The van der Waals surface area contributed by atoms with Crippen molar-refractivity contribution in [3.8, 4) is 0 Å². The molecule has 2 aliphatic rings. The van der Waals surface area contributed by atoms with Crippen LogP contribution in [0.2, 0.25) is 5.02 Å². The Bertz CT molecular complexity index is 1620. The fourth-order valence-corrected chi connectivity index (χ4v) is 6.09. The molecule has 0 bridgehead atoms. The van der Waals surface area contributed by atoms with Gasteiger partial charge in [-0.2, -0.15) is 0 Å². The van der Waals surface area contributed by atoms with Crippen LogP contribution in [-0.4, -0.2) is 52.4 Å². The first-order valence-corrected chi connectivity index (χ1v) is 14.7. The predicted octanol–water partition coefficient (Wildman–Crippen LogP) is 7.46. The summed E-state index contributed by atoms with van der Waals surface area (Å²) in [5.74, 6) is 1.12. The molecule has 3 aromatic carbocycles. The van der Waals surface area contributed by atoms with Gasteiger partial charge in [-0.3, -0.25) is 4.90 Å². The van der Waals surface area contributed by atoms with Crippen molar-refractivity contribution in [3.63, 3.8) is 0 Å². The van der Waals surface area contributed by atoms with Crippen molar-refractivity contribution in [1.82, 2.24) is 14.5 Å². The van der Waals surface area contributed by atoms with Crippen molar-refractivity contribution in [2.75, 3.05) is 31.6 Å². The van der Waals surface area contributed by atoms with Crippen LogP contribution < -0.4 is 4.90 Å². The number of benzene rings is 3. The highest BCUT2D eigenvalue weighted by Gasteiger charge is 2.23. The second-order valence-electron chi connectivity index (χ2n) is 11.3. The van der Waals surface area contributed by atoms with E-state index in [-0.39, 0.29) is 11.9 Å². The number of aliphatic hydroxyl groups excluding tert-OH is 1. The van der Waals surface area contributed by atoms with Crippen molar-refractivity contribution >= 4 is 39.8 Å². The number of hydrogen-bond acceptors (Lipinski definition) is 5. The Balaban J connectivity index is 1.14. The van der Waals surface area contributed by atoms with E-state index < -0.39 is 0 Å². The van der Waals surface area contributed by atoms with Gasteiger partial charge in [0.1, 0.15) is 11.6 Å². The highest BCUT2D eigenvalue weighted by atomic mass is 35.5. The number of halogens is 1. The standard InChI is InChI=1S/C34H37ClN4O2/c1-23-7-10-32(30(35)17-23)37(3)28-6-4-5-26(19-28)18-25-11-14-38(15-12-25)22-34-36-31-9-8-27(24(2)40)20-33(31)39(34)21-29-13-16-41-29/h4-11,17,19-20,29,40H,2,12-16,18,21-22H2,1,3H3/t29-/m0/s1. The van der Waals surface area contributed by atoms with Gasteiger partial charge in [-0.05, 0) is 79.8 Å². The van der Waals surface area contributed by atoms with Crippen LogP contribution in [0.3, 0.4) is 0 Å². The average molecular weight is 569 g/mol. The fraction of sp³-hybridized carbons (Fsp3) is 0.324. The molecule has 1 N–H and O–H groups in total. The number of anilines is 2. The van der Waals surface area contributed by atoms with Gasteiger partial charge in [-0.15, -0.1) is 0 Å². The van der Waals surface area contributed by atoms with Gasteiger partial charge < -0.3 is 19.3 Å². The lowest BCUT2D eigenvalue weighted by Crippen LogP contribution is -2.34. The normalized spacial score (nSPS) is 17.3. The number of hydrogen-bond donors (Lipinski definition) is 1. The Hall–Kier alpha value is -3.58. The molecule has 0 radical (unpaired) electrons. The molecule has 2 aliphatic heterocycles. The first-order valence-electron chi connectivity index (χ1n) is 14.3. The third-order valence-electron chi connectivity index (χ3n) is 8.29.